The van der Waals surface area contributed by atoms with E-state index in [9.17, 15) is 8.42 Å². The molecule has 0 aliphatic heterocycles. The Balaban J connectivity index is 2.53. The van der Waals surface area contributed by atoms with Gasteiger partial charge in [-0.15, -0.1) is 11.3 Å². The molecule has 1 N–H and O–H groups in total. The number of nitrogens with zero attached hydrogens (tertiary/aromatic N) is 1. The van der Waals surface area contributed by atoms with Crippen LogP contribution in [-0.2, 0) is 10.0 Å². The van der Waals surface area contributed by atoms with Crippen molar-refractivity contribution in [3.05, 3.63) is 11.2 Å². The number of unbranched alkanes of at least 4 members (excludes halogenated alkanes) is 1. The number of aryl methyl sites for hydroxylation is 1. The number of nitrogens with one attached hydrogen (secondary N) is 1. The van der Waals surface area contributed by atoms with Crippen LogP contribution < -0.4 is 4.72 Å². The average Bonchev–Trinajstić information content (AvgIpc) is 2.60. The maximum atomic E-state index is 11.7. The molecule has 0 saturated carbocycles. The summed E-state index contributed by atoms with van der Waals surface area (Å²) in [5, 5.41) is 1.66. The zero-order chi connectivity index (χ0) is 11.3. The first-order valence-electron chi connectivity index (χ1n) is 4.54. The van der Waals surface area contributed by atoms with Gasteiger partial charge in [0.25, 0.3) is 10.0 Å². The molecular weight excluding hydrogens is 300 g/mol. The van der Waals surface area contributed by atoms with Crippen LogP contribution in [0.2, 0.25) is 0 Å². The summed E-state index contributed by atoms with van der Waals surface area (Å²) in [5.41, 5.74) is 0. The molecule has 1 rings (SSSR count). The molecule has 1 aromatic heterocycles. The first-order valence-corrected chi connectivity index (χ1v) is 7.96. The highest BCUT2D eigenvalue weighted by Crippen LogP contribution is 2.17. The zero-order valence-corrected chi connectivity index (χ0v) is 11.6. The number of thiazole rings is 1. The Morgan fingerprint density at radius 3 is 2.80 bits per heavy atom. The van der Waals surface area contributed by atoms with Crippen LogP contribution in [0.3, 0.4) is 0 Å². The number of aromatic nitrogens is 1. The molecule has 1 aromatic rings. The van der Waals surface area contributed by atoms with Gasteiger partial charge in [0.2, 0.25) is 0 Å². The smallest absolute Gasteiger partial charge is 0.249 e. The fourth-order valence-corrected chi connectivity index (χ4v) is 3.59. The molecule has 0 fully saturated rings. The van der Waals surface area contributed by atoms with Crippen LogP contribution in [-0.4, -0.2) is 25.3 Å². The lowest BCUT2D eigenvalue weighted by Gasteiger charge is -2.02. The van der Waals surface area contributed by atoms with Crippen LogP contribution in [0.1, 0.15) is 17.8 Å². The third-order valence-corrected chi connectivity index (χ3v) is 5.11. The van der Waals surface area contributed by atoms with E-state index in [-0.39, 0.29) is 0 Å². The summed E-state index contributed by atoms with van der Waals surface area (Å²) in [5.74, 6) is 0. The standard InChI is InChI=1S/C8H13BrN2O2S2/c1-7-10-6-8(14-7)15(12,13)11-5-3-2-4-9/h6,11H,2-5H2,1H3. The van der Waals surface area contributed by atoms with E-state index in [1.165, 1.54) is 17.5 Å². The Bertz CT molecular complexity index is 403. The third kappa shape index (κ3) is 4.18. The lowest BCUT2D eigenvalue weighted by atomic mass is 10.3. The number of halogens is 1. The molecule has 0 aliphatic carbocycles. The number of alkyl halides is 1. The van der Waals surface area contributed by atoms with Gasteiger partial charge in [0.1, 0.15) is 0 Å². The molecule has 4 nitrogen and oxygen atoms in total. The van der Waals surface area contributed by atoms with Gasteiger partial charge < -0.3 is 0 Å². The molecule has 7 heteroatoms. The topological polar surface area (TPSA) is 59.1 Å². The average molecular weight is 313 g/mol. The molecule has 1 heterocycles. The third-order valence-electron chi connectivity index (χ3n) is 1.72. The summed E-state index contributed by atoms with van der Waals surface area (Å²) in [6.45, 7) is 2.26. The van der Waals surface area contributed by atoms with Gasteiger partial charge in [-0.1, -0.05) is 15.9 Å². The highest BCUT2D eigenvalue weighted by Gasteiger charge is 2.15. The first-order chi connectivity index (χ1) is 7.06. The molecule has 0 amide bonds. The Morgan fingerprint density at radius 2 is 2.27 bits per heavy atom. The quantitative estimate of drug-likeness (QED) is 0.645. The minimum absolute atomic E-state index is 0.291. The number of hydrogen-bond donors (Lipinski definition) is 1. The predicted octanol–water partition coefficient (Wildman–Crippen LogP) is 1.90. The van der Waals surface area contributed by atoms with Crippen LogP contribution in [0.15, 0.2) is 10.4 Å². The van der Waals surface area contributed by atoms with Crippen LogP contribution in [0.4, 0.5) is 0 Å². The summed E-state index contributed by atoms with van der Waals surface area (Å²) < 4.78 is 26.1. The molecule has 0 radical (unpaired) electrons. The fourth-order valence-electron chi connectivity index (χ4n) is 0.963. The highest BCUT2D eigenvalue weighted by molar-refractivity contribution is 9.09. The van der Waals surface area contributed by atoms with Crippen LogP contribution in [0.25, 0.3) is 0 Å². The summed E-state index contributed by atoms with van der Waals surface area (Å²) >= 11 is 4.48. The summed E-state index contributed by atoms with van der Waals surface area (Å²) in [6.07, 6.45) is 3.19. The Morgan fingerprint density at radius 1 is 1.53 bits per heavy atom. The largest absolute Gasteiger partial charge is 0.251 e. The lowest BCUT2D eigenvalue weighted by molar-refractivity contribution is 0.580. The Hall–Kier alpha value is 0.0200. The van der Waals surface area contributed by atoms with Crippen LogP contribution in [0.5, 0.6) is 0 Å². The molecule has 0 atom stereocenters. The fraction of sp³-hybridized carbons (Fsp3) is 0.625. The van der Waals surface area contributed by atoms with Crippen molar-refractivity contribution in [3.63, 3.8) is 0 Å². The second kappa shape index (κ2) is 5.93. The van der Waals surface area contributed by atoms with Gasteiger partial charge in [0, 0.05) is 11.9 Å². The minimum Gasteiger partial charge on any atom is -0.249 e. The second-order valence-corrected chi connectivity index (χ2v) is 7.01. The number of sulfonamides is 1. The van der Waals surface area contributed by atoms with Gasteiger partial charge in [0.05, 0.1) is 11.2 Å². The van der Waals surface area contributed by atoms with Crippen molar-refractivity contribution in [2.75, 3.05) is 11.9 Å². The monoisotopic (exact) mass is 312 g/mol. The number of hydrogen-bond acceptors (Lipinski definition) is 4. The van der Waals surface area contributed by atoms with E-state index in [1.807, 2.05) is 0 Å². The van der Waals surface area contributed by atoms with Crippen molar-refractivity contribution in [2.24, 2.45) is 0 Å². The highest BCUT2D eigenvalue weighted by atomic mass is 79.9. The van der Waals surface area contributed by atoms with E-state index < -0.39 is 10.0 Å². The van der Waals surface area contributed by atoms with E-state index in [2.05, 4.69) is 25.6 Å². The molecule has 0 unspecified atom stereocenters. The summed E-state index contributed by atoms with van der Waals surface area (Å²) in [4.78, 5) is 3.92. The molecule has 86 valence electrons. The van der Waals surface area contributed by atoms with Crippen molar-refractivity contribution in [3.8, 4) is 0 Å². The first kappa shape index (κ1) is 13.1. The molecule has 0 aromatic carbocycles. The predicted molar refractivity (Wildman–Crippen MR) is 65.1 cm³/mol. The Kier molecular flexibility index (Phi) is 5.17. The molecule has 0 spiro atoms. The van der Waals surface area contributed by atoms with Gasteiger partial charge in [-0.2, -0.15) is 0 Å². The maximum absolute atomic E-state index is 11.7. The van der Waals surface area contributed by atoms with Crippen LogP contribution >= 0.6 is 27.3 Å². The minimum atomic E-state index is -3.33. The van der Waals surface area contributed by atoms with Crippen LogP contribution in [0, 0.1) is 6.92 Å². The summed E-state index contributed by atoms with van der Waals surface area (Å²) in [6, 6.07) is 0. The zero-order valence-electron chi connectivity index (χ0n) is 8.36. The van der Waals surface area contributed by atoms with Gasteiger partial charge in [-0.25, -0.2) is 18.1 Å². The van der Waals surface area contributed by atoms with Crippen molar-refractivity contribution in [2.45, 2.75) is 24.0 Å². The lowest BCUT2D eigenvalue weighted by Crippen LogP contribution is -2.24. The van der Waals surface area contributed by atoms with E-state index in [0.717, 1.165) is 23.2 Å². The SMILES string of the molecule is Cc1ncc(S(=O)(=O)NCCCCBr)s1. The second-order valence-electron chi connectivity index (χ2n) is 2.99. The van der Waals surface area contributed by atoms with Crippen molar-refractivity contribution >= 4 is 37.3 Å². The van der Waals surface area contributed by atoms with Crippen molar-refractivity contribution in [1.82, 2.24) is 9.71 Å². The van der Waals surface area contributed by atoms with E-state index in [0.29, 0.717) is 10.8 Å². The number of rotatable bonds is 6. The van der Waals surface area contributed by atoms with Gasteiger partial charge >= 0.3 is 0 Å². The van der Waals surface area contributed by atoms with E-state index in [4.69, 9.17) is 0 Å². The molecular formula is C8H13BrN2O2S2. The maximum Gasteiger partial charge on any atom is 0.251 e. The molecule has 0 bridgehead atoms. The van der Waals surface area contributed by atoms with Gasteiger partial charge in [-0.05, 0) is 19.8 Å². The van der Waals surface area contributed by atoms with Gasteiger partial charge in [-0.3, -0.25) is 0 Å². The van der Waals surface area contributed by atoms with Crippen molar-refractivity contribution < 1.29 is 8.42 Å². The van der Waals surface area contributed by atoms with Crippen molar-refractivity contribution in [1.29, 1.82) is 0 Å². The summed E-state index contributed by atoms with van der Waals surface area (Å²) in [7, 11) is -3.33. The van der Waals surface area contributed by atoms with Gasteiger partial charge in [0.15, 0.2) is 4.21 Å². The Labute approximate surface area is 102 Å². The molecule has 15 heavy (non-hydrogen) atoms. The van der Waals surface area contributed by atoms with E-state index >= 15 is 0 Å². The van der Waals surface area contributed by atoms with E-state index in [1.54, 1.807) is 6.92 Å². The normalized spacial score (nSPS) is 11.9. The molecule has 0 aliphatic rings. The molecule has 0 saturated heterocycles.